The van der Waals surface area contributed by atoms with E-state index in [0.29, 0.717) is 0 Å². The molecule has 5 nitrogen and oxygen atoms in total. The summed E-state index contributed by atoms with van der Waals surface area (Å²) in [6, 6.07) is 0. The molecule has 4 aliphatic carbocycles. The molecule has 5 rings (SSSR count). The first-order valence-corrected chi connectivity index (χ1v) is 10.1. The molecule has 0 saturated heterocycles. The highest BCUT2D eigenvalue weighted by Gasteiger charge is 2.52. The van der Waals surface area contributed by atoms with Crippen molar-refractivity contribution in [3.8, 4) is 0 Å². The SMILES string of the molecule is C/C(=N/NC(=O)c1nc(Cl)c(Cl)c(N)c1Cl)C12CC3CC(CC(C3)C1)C2. The fourth-order valence-electron chi connectivity index (χ4n) is 5.54. The average Bonchev–Trinajstić information content (AvgIpc) is 2.59. The minimum absolute atomic E-state index is 0.0143. The second-order valence-electron chi connectivity index (χ2n) is 8.13. The van der Waals surface area contributed by atoms with E-state index >= 15 is 0 Å². The molecule has 1 aromatic rings. The van der Waals surface area contributed by atoms with Gasteiger partial charge in [-0.05, 0) is 63.2 Å². The van der Waals surface area contributed by atoms with Crippen molar-refractivity contribution in [2.24, 2.45) is 28.3 Å². The molecule has 26 heavy (non-hydrogen) atoms. The highest BCUT2D eigenvalue weighted by Crippen LogP contribution is 2.60. The van der Waals surface area contributed by atoms with Crippen LogP contribution in [0.15, 0.2) is 5.10 Å². The van der Waals surface area contributed by atoms with E-state index in [9.17, 15) is 4.79 Å². The van der Waals surface area contributed by atoms with Gasteiger partial charge in [-0.3, -0.25) is 4.79 Å². The van der Waals surface area contributed by atoms with Crippen LogP contribution in [0, 0.1) is 23.2 Å². The maximum Gasteiger partial charge on any atom is 0.291 e. The van der Waals surface area contributed by atoms with E-state index in [2.05, 4.69) is 15.5 Å². The van der Waals surface area contributed by atoms with E-state index in [-0.39, 0.29) is 32.0 Å². The zero-order valence-electron chi connectivity index (χ0n) is 14.5. The number of nitrogens with one attached hydrogen (secondary N) is 1. The topological polar surface area (TPSA) is 80.4 Å². The fourth-order valence-corrected chi connectivity index (χ4v) is 6.14. The van der Waals surface area contributed by atoms with E-state index in [1.54, 1.807) is 0 Å². The number of hydrogen-bond acceptors (Lipinski definition) is 4. The van der Waals surface area contributed by atoms with Crippen LogP contribution < -0.4 is 11.2 Å². The summed E-state index contributed by atoms with van der Waals surface area (Å²) in [7, 11) is 0. The number of anilines is 1. The van der Waals surface area contributed by atoms with Gasteiger partial charge >= 0.3 is 0 Å². The van der Waals surface area contributed by atoms with Crippen molar-refractivity contribution in [2.45, 2.75) is 45.4 Å². The van der Waals surface area contributed by atoms with E-state index < -0.39 is 5.91 Å². The maximum atomic E-state index is 12.5. The molecule has 3 N–H and O–H groups in total. The number of rotatable bonds is 3. The van der Waals surface area contributed by atoms with Gasteiger partial charge in [0, 0.05) is 11.1 Å². The van der Waals surface area contributed by atoms with Crippen molar-refractivity contribution in [3.05, 3.63) is 20.9 Å². The van der Waals surface area contributed by atoms with Gasteiger partial charge in [0.05, 0.1) is 10.7 Å². The second kappa shape index (κ2) is 6.54. The Morgan fingerprint density at radius 2 is 1.65 bits per heavy atom. The number of carbonyl (C=O) groups excluding carboxylic acids is 1. The summed E-state index contributed by atoms with van der Waals surface area (Å²) in [5.74, 6) is 1.90. The summed E-state index contributed by atoms with van der Waals surface area (Å²) in [4.78, 5) is 16.4. The number of carbonyl (C=O) groups is 1. The van der Waals surface area contributed by atoms with E-state index in [0.717, 1.165) is 23.5 Å². The molecule has 140 valence electrons. The molecule has 0 radical (unpaired) electrons. The van der Waals surface area contributed by atoms with Crippen LogP contribution in [0.1, 0.15) is 55.9 Å². The molecular formula is C18H21Cl3N4O. The molecular weight excluding hydrogens is 395 g/mol. The number of halogens is 3. The summed E-state index contributed by atoms with van der Waals surface area (Å²) in [6.07, 6.45) is 7.64. The van der Waals surface area contributed by atoms with Crippen LogP contribution in [-0.4, -0.2) is 16.6 Å². The number of nitrogen functional groups attached to an aromatic ring is 1. The van der Waals surface area contributed by atoms with Crippen LogP contribution in [0.2, 0.25) is 15.2 Å². The highest BCUT2D eigenvalue weighted by molar-refractivity contribution is 6.46. The number of amides is 1. The summed E-state index contributed by atoms with van der Waals surface area (Å²) in [5, 5.41) is 4.39. The largest absolute Gasteiger partial charge is 0.396 e. The van der Waals surface area contributed by atoms with Crippen LogP contribution in [0.4, 0.5) is 5.69 Å². The Balaban J connectivity index is 1.54. The molecule has 1 amide bonds. The first kappa shape index (κ1) is 18.3. The van der Waals surface area contributed by atoms with E-state index in [1.807, 2.05) is 6.92 Å². The number of pyridine rings is 1. The molecule has 0 aliphatic heterocycles. The van der Waals surface area contributed by atoms with Crippen LogP contribution in [-0.2, 0) is 0 Å². The fraction of sp³-hybridized carbons (Fsp3) is 0.611. The van der Waals surface area contributed by atoms with Crippen molar-refractivity contribution in [1.29, 1.82) is 0 Å². The van der Waals surface area contributed by atoms with Crippen LogP contribution >= 0.6 is 34.8 Å². The molecule has 4 aliphatic rings. The molecule has 4 fully saturated rings. The third kappa shape index (κ3) is 2.98. The zero-order valence-corrected chi connectivity index (χ0v) is 16.8. The Kier molecular flexibility index (Phi) is 4.61. The van der Waals surface area contributed by atoms with Gasteiger partial charge in [-0.15, -0.1) is 0 Å². The monoisotopic (exact) mass is 414 g/mol. The van der Waals surface area contributed by atoms with Crippen molar-refractivity contribution >= 4 is 52.1 Å². The Hall–Kier alpha value is -1.04. The van der Waals surface area contributed by atoms with Crippen molar-refractivity contribution in [3.63, 3.8) is 0 Å². The minimum atomic E-state index is -0.538. The van der Waals surface area contributed by atoms with E-state index in [4.69, 9.17) is 40.5 Å². The van der Waals surface area contributed by atoms with Gasteiger partial charge in [0.1, 0.15) is 5.02 Å². The number of hydrogen-bond donors (Lipinski definition) is 2. The van der Waals surface area contributed by atoms with Gasteiger partial charge in [0.2, 0.25) is 0 Å². The first-order valence-electron chi connectivity index (χ1n) is 8.94. The normalized spacial score (nSPS) is 32.8. The van der Waals surface area contributed by atoms with Crippen molar-refractivity contribution in [2.75, 3.05) is 5.73 Å². The standard InChI is InChI=1S/C18H21Cl3N4O/c1-8(18-5-9-2-10(6-18)4-11(3-9)7-18)24-25-17(26)15-12(19)14(22)13(20)16(21)23-15/h9-11H,2-7H2,1H3,(H2,22,23)(H,25,26)/b24-8-. The molecule has 0 unspecified atom stereocenters. The Bertz CT molecular complexity index is 773. The third-order valence-electron chi connectivity index (χ3n) is 6.42. The predicted molar refractivity (Wildman–Crippen MR) is 105 cm³/mol. The maximum absolute atomic E-state index is 12.5. The Morgan fingerprint density at radius 3 is 2.19 bits per heavy atom. The summed E-state index contributed by atoms with van der Waals surface area (Å²) >= 11 is 17.9. The Labute approximate surface area is 167 Å². The summed E-state index contributed by atoms with van der Waals surface area (Å²) < 4.78 is 0. The van der Waals surface area contributed by atoms with Crippen LogP contribution in [0.25, 0.3) is 0 Å². The molecule has 4 saturated carbocycles. The lowest BCUT2D eigenvalue weighted by Crippen LogP contribution is -2.49. The molecule has 1 aromatic heterocycles. The van der Waals surface area contributed by atoms with Gasteiger partial charge in [0.25, 0.3) is 5.91 Å². The minimum Gasteiger partial charge on any atom is -0.396 e. The predicted octanol–water partition coefficient (Wildman–Crippen LogP) is 4.95. The van der Waals surface area contributed by atoms with Crippen LogP contribution in [0.5, 0.6) is 0 Å². The van der Waals surface area contributed by atoms with Crippen LogP contribution in [0.3, 0.4) is 0 Å². The lowest BCUT2D eigenvalue weighted by Gasteiger charge is -2.56. The lowest BCUT2D eigenvalue weighted by atomic mass is 9.48. The number of nitrogens with two attached hydrogens (primary N) is 1. The first-order chi connectivity index (χ1) is 12.3. The molecule has 0 aromatic carbocycles. The average molecular weight is 416 g/mol. The number of aromatic nitrogens is 1. The zero-order chi connectivity index (χ0) is 18.6. The summed E-state index contributed by atoms with van der Waals surface area (Å²) in [5.41, 5.74) is 9.46. The van der Waals surface area contributed by atoms with E-state index in [1.165, 1.54) is 38.5 Å². The quantitative estimate of drug-likeness (QED) is 0.416. The molecule has 0 spiro atoms. The number of nitrogens with zero attached hydrogens (tertiary/aromatic N) is 2. The van der Waals surface area contributed by atoms with Gasteiger partial charge < -0.3 is 5.73 Å². The van der Waals surface area contributed by atoms with Gasteiger partial charge in [-0.1, -0.05) is 34.8 Å². The second-order valence-corrected chi connectivity index (χ2v) is 9.24. The molecule has 4 bridgehead atoms. The lowest BCUT2D eigenvalue weighted by molar-refractivity contribution is -0.0128. The van der Waals surface area contributed by atoms with Crippen molar-refractivity contribution in [1.82, 2.24) is 10.4 Å². The van der Waals surface area contributed by atoms with Crippen molar-refractivity contribution < 1.29 is 4.79 Å². The highest BCUT2D eigenvalue weighted by atomic mass is 35.5. The molecule has 8 heteroatoms. The number of hydrazone groups is 1. The molecule has 0 atom stereocenters. The molecule has 1 heterocycles. The van der Waals surface area contributed by atoms with Gasteiger partial charge in [-0.25, -0.2) is 10.4 Å². The van der Waals surface area contributed by atoms with Gasteiger partial charge in [-0.2, -0.15) is 5.10 Å². The summed E-state index contributed by atoms with van der Waals surface area (Å²) in [6.45, 7) is 2.02. The third-order valence-corrected chi connectivity index (χ3v) is 7.55. The van der Waals surface area contributed by atoms with Gasteiger partial charge in [0.15, 0.2) is 10.8 Å². The Morgan fingerprint density at radius 1 is 1.12 bits per heavy atom. The smallest absolute Gasteiger partial charge is 0.291 e.